The maximum atomic E-state index is 9.75. The molecular formula is C18H37BF4N2. The van der Waals surface area contributed by atoms with Crippen molar-refractivity contribution in [3.8, 4) is 0 Å². The van der Waals surface area contributed by atoms with Crippen molar-refractivity contribution < 1.29 is 21.8 Å². The van der Waals surface area contributed by atoms with E-state index in [0.717, 1.165) is 5.92 Å². The number of rotatable bonds is 6. The van der Waals surface area contributed by atoms with Gasteiger partial charge in [0, 0.05) is 0 Å². The number of nitrogens with zero attached hydrogens (tertiary/aromatic N) is 2. The summed E-state index contributed by atoms with van der Waals surface area (Å²) in [6.07, 6.45) is 9.55. The summed E-state index contributed by atoms with van der Waals surface area (Å²) in [5.41, 5.74) is 0. The fourth-order valence-electron chi connectivity index (χ4n) is 3.59. The van der Waals surface area contributed by atoms with Crippen LogP contribution in [-0.2, 0) is 0 Å². The lowest BCUT2D eigenvalue weighted by Crippen LogP contribution is -2.45. The molecule has 0 heterocycles. The Labute approximate surface area is 151 Å². The van der Waals surface area contributed by atoms with E-state index in [1.54, 1.807) is 0 Å². The van der Waals surface area contributed by atoms with Crippen molar-refractivity contribution in [1.82, 2.24) is 4.90 Å². The Morgan fingerprint density at radius 2 is 1.24 bits per heavy atom. The Morgan fingerprint density at radius 3 is 1.56 bits per heavy atom. The molecule has 0 spiro atoms. The van der Waals surface area contributed by atoms with Gasteiger partial charge in [-0.05, 0) is 67.2 Å². The van der Waals surface area contributed by atoms with Crippen molar-refractivity contribution in [2.45, 2.75) is 105 Å². The first-order valence-corrected chi connectivity index (χ1v) is 9.61. The molecule has 0 N–H and O–H groups in total. The minimum absolute atomic E-state index is 0.565. The molecule has 0 aromatic carbocycles. The zero-order valence-electron chi connectivity index (χ0n) is 17.0. The van der Waals surface area contributed by atoms with Gasteiger partial charge in [-0.25, -0.2) is 0 Å². The zero-order chi connectivity index (χ0) is 19.8. The average Bonchev–Trinajstić information content (AvgIpc) is 2.45. The van der Waals surface area contributed by atoms with Crippen LogP contribution in [0.25, 0.3) is 0 Å². The molecule has 1 fully saturated rings. The quantitative estimate of drug-likeness (QED) is 0.188. The maximum absolute atomic E-state index is 9.75. The molecule has 0 aromatic rings. The number of hydrogen-bond acceptors (Lipinski definition) is 0. The van der Waals surface area contributed by atoms with Gasteiger partial charge < -0.3 is 17.3 Å². The summed E-state index contributed by atoms with van der Waals surface area (Å²) < 4.78 is 41.6. The first-order valence-electron chi connectivity index (χ1n) is 9.61. The molecule has 1 rings (SSSR count). The van der Waals surface area contributed by atoms with Crippen LogP contribution in [-0.4, -0.2) is 47.2 Å². The normalized spacial score (nSPS) is 18.4. The number of hydrogen-bond donors (Lipinski definition) is 0. The molecule has 0 radical (unpaired) electrons. The fourth-order valence-corrected chi connectivity index (χ4v) is 3.59. The smallest absolute Gasteiger partial charge is 0.418 e. The Bertz CT molecular complexity index is 375. The van der Waals surface area contributed by atoms with Crippen molar-refractivity contribution >= 4 is 13.6 Å². The maximum Gasteiger partial charge on any atom is 0.673 e. The highest BCUT2D eigenvalue weighted by atomic mass is 19.5. The van der Waals surface area contributed by atoms with Crippen LogP contribution in [0.2, 0.25) is 0 Å². The van der Waals surface area contributed by atoms with E-state index in [9.17, 15) is 17.3 Å². The molecule has 1 aliphatic carbocycles. The van der Waals surface area contributed by atoms with Crippen LogP contribution in [0.15, 0.2) is 0 Å². The molecular weight excluding hydrogens is 331 g/mol. The Morgan fingerprint density at radius 1 is 0.840 bits per heavy atom. The second-order valence-corrected chi connectivity index (χ2v) is 7.92. The molecule has 2 nitrogen and oxygen atoms in total. The molecule has 7 heteroatoms. The highest BCUT2D eigenvalue weighted by Gasteiger charge is 2.28. The first kappa shape index (κ1) is 24.3. The van der Waals surface area contributed by atoms with E-state index >= 15 is 0 Å². The van der Waals surface area contributed by atoms with Crippen molar-refractivity contribution in [3.63, 3.8) is 0 Å². The molecule has 0 amide bonds. The monoisotopic (exact) mass is 368 g/mol. The SMILES string of the molecule is CC(C)N(C=[N+](C(C)C)C(C)C1CCCCC1)C(C)C.F[B-](F)(F)F. The van der Waals surface area contributed by atoms with E-state index in [0.29, 0.717) is 24.2 Å². The molecule has 0 aromatic heterocycles. The largest absolute Gasteiger partial charge is 0.673 e. The van der Waals surface area contributed by atoms with Crippen LogP contribution in [0.1, 0.15) is 80.6 Å². The van der Waals surface area contributed by atoms with Crippen LogP contribution in [0.3, 0.4) is 0 Å². The minimum atomic E-state index is -6.00. The van der Waals surface area contributed by atoms with Crippen LogP contribution < -0.4 is 0 Å². The summed E-state index contributed by atoms with van der Waals surface area (Å²) in [7, 11) is -6.00. The van der Waals surface area contributed by atoms with Crippen molar-refractivity contribution in [2.75, 3.05) is 0 Å². The van der Waals surface area contributed by atoms with Crippen LogP contribution in [0, 0.1) is 5.92 Å². The summed E-state index contributed by atoms with van der Waals surface area (Å²) >= 11 is 0. The lowest BCUT2D eigenvalue weighted by molar-refractivity contribution is -0.599. The van der Waals surface area contributed by atoms with Gasteiger partial charge in [0.05, 0.1) is 24.2 Å². The second kappa shape index (κ2) is 11.1. The molecule has 25 heavy (non-hydrogen) atoms. The predicted molar refractivity (Wildman–Crippen MR) is 99.8 cm³/mol. The van der Waals surface area contributed by atoms with E-state index in [-0.39, 0.29) is 0 Å². The van der Waals surface area contributed by atoms with E-state index in [4.69, 9.17) is 0 Å². The zero-order valence-corrected chi connectivity index (χ0v) is 17.0. The van der Waals surface area contributed by atoms with Gasteiger partial charge in [-0.2, -0.15) is 0 Å². The number of halogens is 4. The standard InChI is InChI=1S/C18H37N2.BF4/c1-14(2)19(15(3)4)13-20(16(5)6)17(7)18-11-9-8-10-12-18;2-1(3,4)5/h13-18H,8-12H2,1-7H3;/q+1;-1. The summed E-state index contributed by atoms with van der Waals surface area (Å²) in [6.45, 7) is 16.3. The van der Waals surface area contributed by atoms with E-state index in [1.807, 2.05) is 0 Å². The minimum Gasteiger partial charge on any atom is -0.418 e. The van der Waals surface area contributed by atoms with Gasteiger partial charge in [-0.15, -0.1) is 0 Å². The highest BCUT2D eigenvalue weighted by Crippen LogP contribution is 2.28. The third-order valence-corrected chi connectivity index (χ3v) is 4.86. The summed E-state index contributed by atoms with van der Waals surface area (Å²) in [5.74, 6) is 0.878. The molecule has 0 bridgehead atoms. The Balaban J connectivity index is 0.00000101. The molecule has 1 aliphatic rings. The van der Waals surface area contributed by atoms with Gasteiger partial charge in [-0.1, -0.05) is 19.3 Å². The third kappa shape index (κ3) is 10.8. The second-order valence-electron chi connectivity index (χ2n) is 7.92. The molecule has 1 saturated carbocycles. The third-order valence-electron chi connectivity index (χ3n) is 4.86. The topological polar surface area (TPSA) is 6.25 Å². The van der Waals surface area contributed by atoms with E-state index in [1.165, 1.54) is 32.1 Å². The van der Waals surface area contributed by atoms with Crippen LogP contribution in [0.5, 0.6) is 0 Å². The molecule has 1 unspecified atom stereocenters. The average molecular weight is 368 g/mol. The highest BCUT2D eigenvalue weighted by molar-refractivity contribution is 6.50. The molecule has 0 aliphatic heterocycles. The predicted octanol–water partition coefficient (Wildman–Crippen LogP) is 5.82. The fraction of sp³-hybridized carbons (Fsp3) is 0.944. The Kier molecular flexibility index (Phi) is 10.7. The summed E-state index contributed by atoms with van der Waals surface area (Å²) in [4.78, 5) is 2.50. The van der Waals surface area contributed by atoms with Gasteiger partial charge in [0.25, 0.3) is 0 Å². The Hall–Kier alpha value is -0.745. The summed E-state index contributed by atoms with van der Waals surface area (Å²) in [6, 6.07) is 2.37. The van der Waals surface area contributed by atoms with Crippen molar-refractivity contribution in [2.24, 2.45) is 5.92 Å². The van der Waals surface area contributed by atoms with Crippen molar-refractivity contribution in [1.29, 1.82) is 0 Å². The summed E-state index contributed by atoms with van der Waals surface area (Å²) in [5, 5.41) is 0. The van der Waals surface area contributed by atoms with Gasteiger partial charge >= 0.3 is 7.25 Å². The van der Waals surface area contributed by atoms with E-state index < -0.39 is 7.25 Å². The lowest BCUT2D eigenvalue weighted by atomic mass is 9.84. The van der Waals surface area contributed by atoms with Crippen molar-refractivity contribution in [3.05, 3.63) is 0 Å². The van der Waals surface area contributed by atoms with Gasteiger partial charge in [0.15, 0.2) is 0 Å². The van der Waals surface area contributed by atoms with Crippen LogP contribution in [0.4, 0.5) is 17.3 Å². The molecule has 0 saturated heterocycles. The first-order chi connectivity index (χ1) is 11.3. The molecule has 1 atom stereocenters. The molecule has 150 valence electrons. The van der Waals surface area contributed by atoms with Crippen LogP contribution >= 0.6 is 0 Å². The lowest BCUT2D eigenvalue weighted by Gasteiger charge is -2.32. The van der Waals surface area contributed by atoms with Gasteiger partial charge in [-0.3, -0.25) is 9.48 Å². The van der Waals surface area contributed by atoms with Gasteiger partial charge in [0.2, 0.25) is 6.34 Å². The van der Waals surface area contributed by atoms with E-state index in [2.05, 4.69) is 64.3 Å². The van der Waals surface area contributed by atoms with Gasteiger partial charge in [0.1, 0.15) is 0 Å².